The molecular formula is C25H31FN2O4. The summed E-state index contributed by atoms with van der Waals surface area (Å²) in [5, 5.41) is 10.6. The first kappa shape index (κ1) is 23.8. The van der Waals surface area contributed by atoms with Gasteiger partial charge in [-0.3, -0.25) is 4.90 Å². The fourth-order valence-electron chi connectivity index (χ4n) is 3.43. The van der Waals surface area contributed by atoms with Gasteiger partial charge in [-0.05, 0) is 54.1 Å². The van der Waals surface area contributed by atoms with E-state index in [9.17, 15) is 9.50 Å². The Morgan fingerprint density at radius 1 is 1.00 bits per heavy atom. The topological polar surface area (TPSA) is 56.1 Å². The highest BCUT2D eigenvalue weighted by atomic mass is 19.1. The summed E-state index contributed by atoms with van der Waals surface area (Å²) >= 11 is 0. The molecule has 0 amide bonds. The highest BCUT2D eigenvalue weighted by molar-refractivity contribution is 5.31. The van der Waals surface area contributed by atoms with Gasteiger partial charge in [-0.1, -0.05) is 12.1 Å². The lowest BCUT2D eigenvalue weighted by Gasteiger charge is -2.25. The molecule has 0 aliphatic carbocycles. The van der Waals surface area contributed by atoms with E-state index in [1.165, 1.54) is 12.1 Å². The van der Waals surface area contributed by atoms with Crippen LogP contribution in [-0.4, -0.2) is 61.2 Å². The van der Waals surface area contributed by atoms with Crippen LogP contribution in [0.5, 0.6) is 11.5 Å². The average molecular weight is 443 g/mol. The molecule has 0 aliphatic rings. The monoisotopic (exact) mass is 442 g/mol. The maximum Gasteiger partial charge on any atom is 0.123 e. The molecule has 32 heavy (non-hydrogen) atoms. The number of methoxy groups -OCH3 is 2. The van der Waals surface area contributed by atoms with Crippen molar-refractivity contribution in [2.75, 3.05) is 40.5 Å². The van der Waals surface area contributed by atoms with Gasteiger partial charge in [0.25, 0.3) is 0 Å². The van der Waals surface area contributed by atoms with Crippen molar-refractivity contribution in [3.63, 3.8) is 0 Å². The van der Waals surface area contributed by atoms with Crippen LogP contribution >= 0.6 is 0 Å². The summed E-state index contributed by atoms with van der Waals surface area (Å²) in [4.78, 5) is 2.14. The number of nitrogens with zero attached hydrogens (tertiary/aromatic N) is 2. The molecule has 1 aromatic heterocycles. The Morgan fingerprint density at radius 3 is 2.41 bits per heavy atom. The summed E-state index contributed by atoms with van der Waals surface area (Å²) in [7, 11) is 3.28. The minimum Gasteiger partial charge on any atom is -0.497 e. The van der Waals surface area contributed by atoms with Gasteiger partial charge >= 0.3 is 0 Å². The first-order valence-electron chi connectivity index (χ1n) is 10.6. The van der Waals surface area contributed by atoms with E-state index in [0.717, 1.165) is 17.0 Å². The molecule has 6 nitrogen and oxygen atoms in total. The summed E-state index contributed by atoms with van der Waals surface area (Å²) in [5.74, 6) is 1.20. The molecule has 1 N–H and O–H groups in total. The molecule has 0 radical (unpaired) electrons. The van der Waals surface area contributed by atoms with E-state index < -0.39 is 6.10 Å². The van der Waals surface area contributed by atoms with Crippen LogP contribution in [0.3, 0.4) is 0 Å². The molecule has 172 valence electrons. The Balaban J connectivity index is 1.57. The normalized spacial score (nSPS) is 12.2. The lowest BCUT2D eigenvalue weighted by atomic mass is 10.2. The van der Waals surface area contributed by atoms with Gasteiger partial charge in [-0.25, -0.2) is 4.39 Å². The Hall–Kier alpha value is -2.87. The number of benzene rings is 2. The fraction of sp³-hybridized carbons (Fsp3) is 0.360. The molecule has 7 heteroatoms. The molecule has 2 aromatic carbocycles. The van der Waals surface area contributed by atoms with Crippen LogP contribution in [0, 0.1) is 5.82 Å². The van der Waals surface area contributed by atoms with E-state index in [4.69, 9.17) is 14.2 Å². The first-order valence-corrected chi connectivity index (χ1v) is 10.6. The van der Waals surface area contributed by atoms with Gasteiger partial charge in [-0.2, -0.15) is 0 Å². The van der Waals surface area contributed by atoms with Crippen LogP contribution < -0.4 is 9.47 Å². The van der Waals surface area contributed by atoms with Gasteiger partial charge in [-0.15, -0.1) is 0 Å². The van der Waals surface area contributed by atoms with E-state index in [1.54, 1.807) is 26.4 Å². The molecule has 0 fully saturated rings. The molecule has 0 saturated carbocycles. The third-order valence-electron chi connectivity index (χ3n) is 5.16. The highest BCUT2D eigenvalue weighted by Crippen LogP contribution is 2.17. The quantitative estimate of drug-likeness (QED) is 0.439. The average Bonchev–Trinajstić information content (AvgIpc) is 3.24. The van der Waals surface area contributed by atoms with Crippen molar-refractivity contribution in [2.24, 2.45) is 0 Å². The Labute approximate surface area is 188 Å². The summed E-state index contributed by atoms with van der Waals surface area (Å²) in [5.41, 5.74) is 2.13. The van der Waals surface area contributed by atoms with E-state index in [1.807, 2.05) is 36.5 Å². The Kier molecular flexibility index (Phi) is 9.10. The molecule has 3 aromatic rings. The largest absolute Gasteiger partial charge is 0.497 e. The SMILES string of the molecule is COCCN(Cc1cccn1Cc1ccc(F)cc1)CC(O)COc1ccc(OC)cc1. The first-order chi connectivity index (χ1) is 15.6. The molecule has 1 unspecified atom stereocenters. The second-order valence-corrected chi connectivity index (χ2v) is 7.62. The number of hydrogen-bond acceptors (Lipinski definition) is 5. The number of rotatable bonds is 13. The lowest BCUT2D eigenvalue weighted by Crippen LogP contribution is -2.37. The fourth-order valence-corrected chi connectivity index (χ4v) is 3.43. The van der Waals surface area contributed by atoms with Crippen LogP contribution in [0.2, 0.25) is 0 Å². The van der Waals surface area contributed by atoms with Crippen molar-refractivity contribution in [2.45, 2.75) is 19.2 Å². The van der Waals surface area contributed by atoms with Crippen molar-refractivity contribution >= 4 is 0 Å². The van der Waals surface area contributed by atoms with Crippen molar-refractivity contribution in [1.82, 2.24) is 9.47 Å². The van der Waals surface area contributed by atoms with Gasteiger partial charge in [0.2, 0.25) is 0 Å². The van der Waals surface area contributed by atoms with E-state index >= 15 is 0 Å². The van der Waals surface area contributed by atoms with E-state index in [0.29, 0.717) is 38.5 Å². The van der Waals surface area contributed by atoms with Crippen molar-refractivity contribution in [1.29, 1.82) is 0 Å². The minimum atomic E-state index is -0.658. The summed E-state index contributed by atoms with van der Waals surface area (Å²) in [6, 6.07) is 17.9. The van der Waals surface area contributed by atoms with E-state index in [2.05, 4.69) is 15.5 Å². The van der Waals surface area contributed by atoms with Crippen LogP contribution in [0.4, 0.5) is 4.39 Å². The van der Waals surface area contributed by atoms with Crippen LogP contribution in [-0.2, 0) is 17.8 Å². The zero-order valence-electron chi connectivity index (χ0n) is 18.6. The van der Waals surface area contributed by atoms with E-state index in [-0.39, 0.29) is 12.4 Å². The van der Waals surface area contributed by atoms with Crippen molar-refractivity contribution < 1.29 is 23.7 Å². The summed E-state index contributed by atoms with van der Waals surface area (Å²) in [6.45, 7) is 3.18. The van der Waals surface area contributed by atoms with Gasteiger partial charge in [0.05, 0.1) is 13.7 Å². The van der Waals surface area contributed by atoms with Gasteiger partial charge in [0, 0.05) is 45.2 Å². The number of aliphatic hydroxyl groups excluding tert-OH is 1. The molecule has 0 spiro atoms. The Morgan fingerprint density at radius 2 is 1.72 bits per heavy atom. The third-order valence-corrected chi connectivity index (χ3v) is 5.16. The van der Waals surface area contributed by atoms with Crippen LogP contribution in [0.15, 0.2) is 66.9 Å². The molecule has 0 saturated heterocycles. The summed E-state index contributed by atoms with van der Waals surface area (Å²) in [6.07, 6.45) is 1.35. The molecule has 1 heterocycles. The predicted octanol–water partition coefficient (Wildman–Crippen LogP) is 3.57. The van der Waals surface area contributed by atoms with Gasteiger partial charge < -0.3 is 23.9 Å². The molecule has 0 bridgehead atoms. The van der Waals surface area contributed by atoms with Gasteiger partial charge in [0.15, 0.2) is 0 Å². The Bertz CT molecular complexity index is 928. The minimum absolute atomic E-state index is 0.187. The smallest absolute Gasteiger partial charge is 0.123 e. The highest BCUT2D eigenvalue weighted by Gasteiger charge is 2.15. The zero-order chi connectivity index (χ0) is 22.8. The standard InChI is InChI=1S/C25H31FN2O4/c1-30-15-14-27(18-23(29)19-32-25-11-9-24(31-2)10-12-25)17-22-4-3-13-28(22)16-20-5-7-21(26)8-6-20/h3-13,23,29H,14-19H2,1-2H3. The lowest BCUT2D eigenvalue weighted by molar-refractivity contribution is 0.0534. The number of halogens is 1. The predicted molar refractivity (Wildman–Crippen MR) is 122 cm³/mol. The molecule has 3 rings (SSSR count). The maximum absolute atomic E-state index is 13.2. The second-order valence-electron chi connectivity index (χ2n) is 7.62. The maximum atomic E-state index is 13.2. The van der Waals surface area contributed by atoms with Crippen LogP contribution in [0.1, 0.15) is 11.3 Å². The van der Waals surface area contributed by atoms with Gasteiger partial charge in [0.1, 0.15) is 30.0 Å². The van der Waals surface area contributed by atoms with Crippen molar-refractivity contribution in [3.05, 3.63) is 83.9 Å². The molecular weight excluding hydrogens is 411 g/mol. The second kappa shape index (κ2) is 12.2. The summed E-state index contributed by atoms with van der Waals surface area (Å²) < 4.78 is 31.4. The number of hydrogen-bond donors (Lipinski definition) is 1. The third kappa shape index (κ3) is 7.37. The number of aliphatic hydroxyl groups is 1. The van der Waals surface area contributed by atoms with Crippen LogP contribution in [0.25, 0.3) is 0 Å². The molecule has 1 atom stereocenters. The zero-order valence-corrected chi connectivity index (χ0v) is 18.6. The number of ether oxygens (including phenoxy) is 3. The molecule has 0 aliphatic heterocycles. The number of aromatic nitrogens is 1. The van der Waals surface area contributed by atoms with Crippen molar-refractivity contribution in [3.8, 4) is 11.5 Å².